The van der Waals surface area contributed by atoms with Crippen LogP contribution >= 0.6 is 0 Å². The van der Waals surface area contributed by atoms with E-state index in [1.165, 1.54) is 0 Å². The van der Waals surface area contributed by atoms with Crippen LogP contribution in [0.5, 0.6) is 0 Å². The van der Waals surface area contributed by atoms with E-state index in [1.54, 1.807) is 6.07 Å². The van der Waals surface area contributed by atoms with E-state index in [4.69, 9.17) is 9.16 Å². The van der Waals surface area contributed by atoms with Gasteiger partial charge in [0.15, 0.2) is 8.32 Å². The first-order valence-electron chi connectivity index (χ1n) is 16.2. The smallest absolute Gasteiger partial charge is 0.410 e. The highest BCUT2D eigenvalue weighted by atomic mass is 28.4. The van der Waals surface area contributed by atoms with Crippen LogP contribution in [0, 0.1) is 28.4 Å². The van der Waals surface area contributed by atoms with Crippen molar-refractivity contribution in [1.82, 2.24) is 4.90 Å². The molecule has 1 aromatic carbocycles. The Bertz CT molecular complexity index is 1110. The molecule has 0 radical (unpaired) electrons. The molecule has 0 bridgehead atoms. The molecule has 0 aromatic heterocycles. The number of anilines is 2. The number of ether oxygens (including phenoxy) is 1. The van der Waals surface area contributed by atoms with Crippen LogP contribution in [-0.4, -0.2) is 69.2 Å². The minimum Gasteiger partial charge on any atom is -0.444 e. The fraction of sp³-hybridized carbons (Fsp3) is 0.788. The lowest BCUT2D eigenvalue weighted by atomic mass is 9.71. The average molecular weight is 619 g/mol. The summed E-state index contributed by atoms with van der Waals surface area (Å²) in [5.74, 6) is 0.369. The van der Waals surface area contributed by atoms with Gasteiger partial charge in [-0.3, -0.25) is 10.1 Å². The van der Waals surface area contributed by atoms with E-state index < -0.39 is 13.9 Å². The summed E-state index contributed by atoms with van der Waals surface area (Å²) in [6.07, 6.45) is 5.88. The average Bonchev–Trinajstić information content (AvgIpc) is 2.89. The number of nitro groups is 1. The van der Waals surface area contributed by atoms with Crippen molar-refractivity contribution in [3.05, 3.63) is 27.8 Å². The van der Waals surface area contributed by atoms with Crippen molar-refractivity contribution in [2.45, 2.75) is 118 Å². The quantitative estimate of drug-likeness (QED) is 0.122. The lowest BCUT2D eigenvalue weighted by Crippen LogP contribution is -2.49. The third-order valence-electron chi connectivity index (χ3n) is 9.90. The molecule has 1 amide bonds. The summed E-state index contributed by atoms with van der Waals surface area (Å²) in [6, 6.07) is 3.71. The number of rotatable bonds is 10. The summed E-state index contributed by atoms with van der Waals surface area (Å²) in [5.41, 5.74) is 2.51. The van der Waals surface area contributed by atoms with E-state index in [-0.39, 0.29) is 27.2 Å². The zero-order valence-corrected chi connectivity index (χ0v) is 29.6. The molecule has 1 spiro atoms. The highest BCUT2D eigenvalue weighted by molar-refractivity contribution is 6.74. The summed E-state index contributed by atoms with van der Waals surface area (Å²) < 4.78 is 11.9. The van der Waals surface area contributed by atoms with Gasteiger partial charge in [-0.15, -0.1) is 0 Å². The molecule has 9 nitrogen and oxygen atoms in total. The predicted octanol–water partition coefficient (Wildman–Crippen LogP) is 8.37. The molecule has 3 rings (SSSR count). The monoisotopic (exact) mass is 618 g/mol. The number of nitrogens with one attached hydrogen (secondary N) is 1. The van der Waals surface area contributed by atoms with E-state index in [1.807, 2.05) is 38.7 Å². The summed E-state index contributed by atoms with van der Waals surface area (Å²) in [4.78, 5) is 28.4. The van der Waals surface area contributed by atoms with Crippen LogP contribution in [-0.2, 0) is 9.16 Å². The van der Waals surface area contributed by atoms with E-state index in [0.717, 1.165) is 82.6 Å². The Morgan fingerprint density at radius 3 is 2.19 bits per heavy atom. The Balaban J connectivity index is 1.56. The van der Waals surface area contributed by atoms with Crippen LogP contribution in [0.25, 0.3) is 0 Å². The number of nitrogens with zero attached hydrogens (tertiary/aromatic N) is 3. The molecule has 244 valence electrons. The zero-order valence-electron chi connectivity index (χ0n) is 28.6. The lowest BCUT2D eigenvalue weighted by molar-refractivity contribution is -0.384. The molecule has 2 saturated heterocycles. The highest BCUT2D eigenvalue weighted by Gasteiger charge is 2.40. The molecular weight excluding hydrogens is 560 g/mol. The predicted molar refractivity (Wildman–Crippen MR) is 179 cm³/mol. The Kier molecular flexibility index (Phi) is 11.2. The van der Waals surface area contributed by atoms with Gasteiger partial charge >= 0.3 is 6.09 Å². The highest BCUT2D eigenvalue weighted by Crippen LogP contribution is 2.44. The molecule has 2 fully saturated rings. The molecule has 0 aliphatic carbocycles. The lowest BCUT2D eigenvalue weighted by Gasteiger charge is -2.47. The number of benzene rings is 1. The maximum atomic E-state index is 12.5. The molecule has 43 heavy (non-hydrogen) atoms. The SMILES string of the molecule is Cc1cc([N+](=O)[O-])c(NC[C@H](C)CCCO[Si](C)(C)C(C)(C)C)cc1N1CCC2(CCN(C(=O)OC(C)(C)C)CC2)CC1. The second-order valence-electron chi connectivity index (χ2n) is 15.6. The van der Waals surface area contributed by atoms with E-state index in [2.05, 4.69) is 51.0 Å². The van der Waals surface area contributed by atoms with Gasteiger partial charge in [-0.05, 0) is 107 Å². The van der Waals surface area contributed by atoms with Crippen LogP contribution in [0.2, 0.25) is 18.1 Å². The van der Waals surface area contributed by atoms with Crippen molar-refractivity contribution in [3.8, 4) is 0 Å². The van der Waals surface area contributed by atoms with Gasteiger partial charge in [0.1, 0.15) is 11.3 Å². The van der Waals surface area contributed by atoms with Gasteiger partial charge in [0, 0.05) is 51.1 Å². The molecule has 2 heterocycles. The standard InChI is InChI=1S/C33H58N4O5Si/c1-25(12-11-21-41-43(9,10)32(6,7)8)24-34-27-23-28(26(2)22-29(27)37(39)40)35-17-13-33(14-18-35)15-19-36(20-16-33)30(38)42-31(3,4)5/h22-23,25,34H,11-21,24H2,1-10H3/t25-/m1/s1. The van der Waals surface area contributed by atoms with Crippen LogP contribution in [0.15, 0.2) is 12.1 Å². The first-order chi connectivity index (χ1) is 19.8. The summed E-state index contributed by atoms with van der Waals surface area (Å²) in [5, 5.41) is 15.6. The molecule has 1 atom stereocenters. The Labute approximate surface area is 261 Å². The Morgan fingerprint density at radius 1 is 1.07 bits per heavy atom. The molecule has 2 aliphatic rings. The number of likely N-dealkylation sites (tertiary alicyclic amines) is 1. The molecule has 1 aromatic rings. The molecular formula is C33H58N4O5Si. The van der Waals surface area contributed by atoms with Crippen molar-refractivity contribution in [2.24, 2.45) is 11.3 Å². The van der Waals surface area contributed by atoms with E-state index >= 15 is 0 Å². The number of piperidine rings is 2. The van der Waals surface area contributed by atoms with Gasteiger partial charge in [-0.2, -0.15) is 0 Å². The molecule has 0 saturated carbocycles. The van der Waals surface area contributed by atoms with Crippen molar-refractivity contribution in [1.29, 1.82) is 0 Å². The fourth-order valence-corrected chi connectivity index (χ4v) is 6.98. The maximum absolute atomic E-state index is 12.5. The second kappa shape index (κ2) is 13.8. The van der Waals surface area contributed by atoms with Crippen molar-refractivity contribution >= 4 is 31.5 Å². The van der Waals surface area contributed by atoms with Crippen LogP contribution in [0.4, 0.5) is 21.9 Å². The van der Waals surface area contributed by atoms with Gasteiger partial charge in [0.2, 0.25) is 0 Å². The van der Waals surface area contributed by atoms with Crippen LogP contribution in [0.3, 0.4) is 0 Å². The largest absolute Gasteiger partial charge is 0.444 e. The number of nitro benzene ring substituents is 1. The molecule has 1 N–H and O–H groups in total. The number of aryl methyl sites for hydroxylation is 1. The summed E-state index contributed by atoms with van der Waals surface area (Å²) in [7, 11) is -1.74. The second-order valence-corrected chi connectivity index (χ2v) is 20.4. The number of amides is 1. The van der Waals surface area contributed by atoms with Crippen LogP contribution < -0.4 is 10.2 Å². The van der Waals surface area contributed by atoms with Crippen molar-refractivity contribution in [2.75, 3.05) is 49.5 Å². The minimum absolute atomic E-state index is 0.137. The number of hydrogen-bond acceptors (Lipinski definition) is 7. The number of carbonyl (C=O) groups is 1. The number of carbonyl (C=O) groups excluding carboxylic acids is 1. The van der Waals surface area contributed by atoms with E-state index in [0.29, 0.717) is 18.2 Å². The third-order valence-corrected chi connectivity index (χ3v) is 14.4. The molecule has 2 aliphatic heterocycles. The van der Waals surface area contributed by atoms with Gasteiger partial charge in [-0.25, -0.2) is 4.79 Å². The van der Waals surface area contributed by atoms with Gasteiger partial charge in [0.05, 0.1) is 4.92 Å². The first kappa shape index (κ1) is 35.1. The van der Waals surface area contributed by atoms with Crippen molar-refractivity contribution in [3.63, 3.8) is 0 Å². The summed E-state index contributed by atoms with van der Waals surface area (Å²) >= 11 is 0. The number of hydrogen-bond donors (Lipinski definition) is 1. The minimum atomic E-state index is -1.74. The molecule has 0 unspecified atom stereocenters. The third kappa shape index (κ3) is 9.57. The first-order valence-corrected chi connectivity index (χ1v) is 19.1. The topological polar surface area (TPSA) is 97.2 Å². The molecule has 10 heteroatoms. The fourth-order valence-electron chi connectivity index (χ4n) is 5.89. The zero-order chi connectivity index (χ0) is 32.2. The van der Waals surface area contributed by atoms with E-state index in [9.17, 15) is 14.9 Å². The van der Waals surface area contributed by atoms with Crippen molar-refractivity contribution < 1.29 is 18.9 Å². The van der Waals surface area contributed by atoms with Gasteiger partial charge in [0.25, 0.3) is 5.69 Å². The Morgan fingerprint density at radius 2 is 1.65 bits per heavy atom. The Hall–Kier alpha value is -2.33. The summed E-state index contributed by atoms with van der Waals surface area (Å²) in [6.45, 7) is 26.0. The van der Waals surface area contributed by atoms with Gasteiger partial charge in [-0.1, -0.05) is 27.7 Å². The van der Waals surface area contributed by atoms with Crippen LogP contribution in [0.1, 0.15) is 92.6 Å². The maximum Gasteiger partial charge on any atom is 0.410 e. The normalized spacial score (nSPS) is 18.5. The van der Waals surface area contributed by atoms with Gasteiger partial charge < -0.3 is 24.3 Å².